The first kappa shape index (κ1) is 21.9. The number of likely N-dealkylation sites (N-methyl/N-ethyl adjacent to an activating group) is 1. The number of hydrogen-bond donors (Lipinski definition) is 0. The lowest BCUT2D eigenvalue weighted by molar-refractivity contribution is -0.137. The van der Waals surface area contributed by atoms with E-state index in [1.165, 1.54) is 15.8 Å². The summed E-state index contributed by atoms with van der Waals surface area (Å²) in [6, 6.07) is 11.0. The summed E-state index contributed by atoms with van der Waals surface area (Å²) in [5.41, 5.74) is 2.84. The molecular formula is C27H26F3N7O. The predicted molar refractivity (Wildman–Crippen MR) is 136 cm³/mol. The zero-order valence-corrected chi connectivity index (χ0v) is 20.5. The normalized spacial score (nSPS) is 16.1. The Bertz CT molecular complexity index is 1560. The molecule has 38 heavy (non-hydrogen) atoms. The number of rotatable bonds is 6. The maximum absolute atomic E-state index is 13.1. The molecule has 0 bridgehead atoms. The summed E-state index contributed by atoms with van der Waals surface area (Å²) < 4.78 is 63.5. The van der Waals surface area contributed by atoms with Crippen LogP contribution < -0.4 is 4.90 Å². The van der Waals surface area contributed by atoms with Crippen LogP contribution in [-0.2, 0) is 12.6 Å². The van der Waals surface area contributed by atoms with Crippen LogP contribution in [0.1, 0.15) is 31.4 Å². The lowest BCUT2D eigenvalue weighted by atomic mass is 10.1. The number of pyridine rings is 2. The topological polar surface area (TPSA) is 80.0 Å². The zero-order chi connectivity index (χ0) is 29.4. The van der Waals surface area contributed by atoms with Crippen LogP contribution in [0.2, 0.25) is 0 Å². The summed E-state index contributed by atoms with van der Waals surface area (Å²) >= 11 is 0. The van der Waals surface area contributed by atoms with Crippen molar-refractivity contribution >= 4 is 11.5 Å². The fraction of sp³-hybridized carbons (Fsp3) is 0.296. The lowest BCUT2D eigenvalue weighted by Gasteiger charge is -2.34. The largest absolute Gasteiger partial charge is 0.416 e. The van der Waals surface area contributed by atoms with E-state index in [1.807, 2.05) is 24.3 Å². The Morgan fingerprint density at radius 1 is 1.08 bits per heavy atom. The fourth-order valence-electron chi connectivity index (χ4n) is 4.27. The molecule has 1 aliphatic rings. The van der Waals surface area contributed by atoms with Crippen LogP contribution in [0.15, 0.2) is 61.1 Å². The molecule has 0 saturated carbocycles. The molecule has 0 aliphatic carbocycles. The molecule has 0 unspecified atom stereocenters. The summed E-state index contributed by atoms with van der Waals surface area (Å²) in [5.74, 6) is -0.566. The van der Waals surface area contributed by atoms with E-state index in [0.717, 1.165) is 29.6 Å². The molecule has 1 fully saturated rings. The summed E-state index contributed by atoms with van der Waals surface area (Å²) in [6.07, 6.45) is -0.562. The molecular weight excluding hydrogens is 495 g/mol. The number of alkyl halides is 3. The number of hydrogen-bond acceptors (Lipinski definition) is 7. The van der Waals surface area contributed by atoms with Crippen molar-refractivity contribution in [1.82, 2.24) is 29.9 Å². The van der Waals surface area contributed by atoms with E-state index in [-0.39, 0.29) is 12.1 Å². The van der Waals surface area contributed by atoms with Gasteiger partial charge in [-0.25, -0.2) is 4.68 Å². The van der Waals surface area contributed by atoms with E-state index in [0.29, 0.717) is 48.8 Å². The average molecular weight is 525 g/mol. The van der Waals surface area contributed by atoms with Gasteiger partial charge >= 0.3 is 6.18 Å². The van der Waals surface area contributed by atoms with Crippen LogP contribution in [0.4, 0.5) is 18.9 Å². The molecule has 1 aliphatic heterocycles. The number of benzene rings is 1. The number of aromatic nitrogens is 5. The van der Waals surface area contributed by atoms with Crippen molar-refractivity contribution in [1.29, 1.82) is 0 Å². The van der Waals surface area contributed by atoms with Gasteiger partial charge in [0.1, 0.15) is 11.4 Å². The Labute approximate surface area is 222 Å². The Morgan fingerprint density at radius 3 is 2.66 bits per heavy atom. The third-order valence-corrected chi connectivity index (χ3v) is 6.38. The van der Waals surface area contributed by atoms with Crippen LogP contribution >= 0.6 is 0 Å². The Hall–Kier alpha value is -4.12. The minimum Gasteiger partial charge on any atom is -0.369 e. The molecule has 1 aromatic carbocycles. The quantitative estimate of drug-likeness (QED) is 0.349. The van der Waals surface area contributed by atoms with Crippen molar-refractivity contribution in [2.24, 2.45) is 0 Å². The molecule has 0 amide bonds. The standard InChI is InChI=1S/C27H26F3N7O/c1-18-25(12-19(16-32-18)13-26(38)23-15-21(6-7-31-23)27(28,29)30)37-17-24(33-34-37)20-4-3-5-22(14-20)36-10-8-35(2)9-11-36/h3-7,12,14-17H,8-11,13H2,1-2H3/i2D3. The second-order valence-electron chi connectivity index (χ2n) is 9.05. The van der Waals surface area contributed by atoms with Crippen molar-refractivity contribution in [2.75, 3.05) is 38.1 Å². The van der Waals surface area contributed by atoms with Gasteiger partial charge in [0.25, 0.3) is 0 Å². The van der Waals surface area contributed by atoms with Crippen LogP contribution in [0.5, 0.6) is 0 Å². The maximum Gasteiger partial charge on any atom is 0.416 e. The summed E-state index contributed by atoms with van der Waals surface area (Å²) in [4.78, 5) is 24.5. The summed E-state index contributed by atoms with van der Waals surface area (Å²) in [5, 5.41) is 8.55. The highest BCUT2D eigenvalue weighted by Crippen LogP contribution is 2.29. The zero-order valence-electron chi connectivity index (χ0n) is 23.5. The number of aryl methyl sites for hydroxylation is 1. The van der Waals surface area contributed by atoms with Gasteiger partial charge in [0.15, 0.2) is 5.78 Å². The SMILES string of the molecule is [2H]C([2H])([2H])N1CCN(c2cccc(-c3cn(-c4cc(CC(=O)c5cc(C(F)(F)F)ccn5)cnc4C)nn3)c2)CC1. The molecule has 0 spiro atoms. The number of halogens is 3. The van der Waals surface area contributed by atoms with Crippen LogP contribution in [0, 0.1) is 6.92 Å². The Morgan fingerprint density at radius 2 is 1.89 bits per heavy atom. The average Bonchev–Trinajstić information content (AvgIpc) is 3.44. The number of anilines is 1. The number of nitrogens with zero attached hydrogens (tertiary/aromatic N) is 7. The van der Waals surface area contributed by atoms with Crippen molar-refractivity contribution in [3.8, 4) is 16.9 Å². The maximum atomic E-state index is 13.1. The fourth-order valence-corrected chi connectivity index (χ4v) is 4.27. The van der Waals surface area contributed by atoms with Crippen molar-refractivity contribution in [3.63, 3.8) is 0 Å². The molecule has 3 aromatic heterocycles. The molecule has 1 saturated heterocycles. The number of piperazine rings is 1. The van der Waals surface area contributed by atoms with Crippen molar-refractivity contribution in [2.45, 2.75) is 19.5 Å². The van der Waals surface area contributed by atoms with Gasteiger partial charge in [-0.3, -0.25) is 14.8 Å². The van der Waals surface area contributed by atoms with Crippen LogP contribution in [-0.4, -0.2) is 68.8 Å². The molecule has 196 valence electrons. The molecule has 0 radical (unpaired) electrons. The molecule has 5 rings (SSSR count). The van der Waals surface area contributed by atoms with Gasteiger partial charge in [-0.15, -0.1) is 5.10 Å². The van der Waals surface area contributed by atoms with Crippen molar-refractivity contribution in [3.05, 3.63) is 83.6 Å². The number of ketones is 1. The monoisotopic (exact) mass is 524 g/mol. The summed E-state index contributed by atoms with van der Waals surface area (Å²) in [7, 11) is 0. The Kier molecular flexibility index (Phi) is 5.96. The van der Waals surface area contributed by atoms with E-state index < -0.39 is 24.5 Å². The highest BCUT2D eigenvalue weighted by atomic mass is 19.4. The molecule has 4 heterocycles. The molecule has 8 nitrogen and oxygen atoms in total. The highest BCUT2D eigenvalue weighted by molar-refractivity contribution is 5.95. The third-order valence-electron chi connectivity index (χ3n) is 6.38. The Balaban J connectivity index is 1.32. The molecule has 11 heteroatoms. The van der Waals surface area contributed by atoms with Gasteiger partial charge in [0.2, 0.25) is 0 Å². The lowest BCUT2D eigenvalue weighted by Crippen LogP contribution is -2.44. The second-order valence-corrected chi connectivity index (χ2v) is 9.05. The number of Topliss-reactive ketones (excluding diaryl/α,β-unsaturated/α-hetero) is 1. The van der Waals surface area contributed by atoms with E-state index >= 15 is 0 Å². The van der Waals surface area contributed by atoms with E-state index in [2.05, 4.69) is 25.2 Å². The smallest absolute Gasteiger partial charge is 0.369 e. The van der Waals surface area contributed by atoms with Gasteiger partial charge in [-0.2, -0.15) is 13.2 Å². The molecule has 4 aromatic rings. The van der Waals surface area contributed by atoms with Gasteiger partial charge in [0.05, 0.1) is 23.1 Å². The highest BCUT2D eigenvalue weighted by Gasteiger charge is 2.31. The first-order valence-corrected chi connectivity index (χ1v) is 11.9. The number of carbonyl (C=O) groups is 1. The predicted octanol–water partition coefficient (Wildman–Crippen LogP) is 4.23. The van der Waals surface area contributed by atoms with E-state index in [9.17, 15) is 18.0 Å². The first-order valence-electron chi connectivity index (χ1n) is 13.4. The molecule has 0 N–H and O–H groups in total. The minimum absolute atomic E-state index is 0.187. The van der Waals surface area contributed by atoms with Gasteiger partial charge < -0.3 is 9.80 Å². The minimum atomic E-state index is -4.57. The van der Waals surface area contributed by atoms with Gasteiger partial charge in [-0.05, 0) is 49.8 Å². The van der Waals surface area contributed by atoms with Gasteiger partial charge in [0, 0.05) is 60.4 Å². The third kappa shape index (κ3) is 5.57. The van der Waals surface area contributed by atoms with E-state index in [1.54, 1.807) is 19.2 Å². The number of carbonyl (C=O) groups excluding carboxylic acids is 1. The van der Waals surface area contributed by atoms with Crippen LogP contribution in [0.25, 0.3) is 16.9 Å². The first-order chi connectivity index (χ1) is 19.4. The van der Waals surface area contributed by atoms with Crippen LogP contribution in [0.3, 0.4) is 0 Å². The van der Waals surface area contributed by atoms with Gasteiger partial charge in [-0.1, -0.05) is 17.3 Å². The van der Waals surface area contributed by atoms with E-state index in [4.69, 9.17) is 4.11 Å². The molecule has 0 atom stereocenters. The van der Waals surface area contributed by atoms with Crippen molar-refractivity contribution < 1.29 is 22.1 Å². The summed E-state index contributed by atoms with van der Waals surface area (Å²) in [6.45, 7) is 1.72. The second kappa shape index (κ2) is 10.3.